The zero-order valence-corrected chi connectivity index (χ0v) is 15.3. The van der Waals surface area contributed by atoms with Gasteiger partial charge in [0.2, 0.25) is 11.8 Å². The topological polar surface area (TPSA) is 93.2 Å². The predicted octanol–water partition coefficient (Wildman–Crippen LogP) is 4.01. The van der Waals surface area contributed by atoms with Crippen LogP contribution in [0.15, 0.2) is 76.0 Å². The molecule has 0 bridgehead atoms. The summed E-state index contributed by atoms with van der Waals surface area (Å²) in [5.41, 5.74) is 2.84. The molecule has 1 amide bonds. The highest BCUT2D eigenvalue weighted by Gasteiger charge is 2.09. The maximum Gasteiger partial charge on any atom is 0.250 e. The number of hydrogen-bond donors (Lipinski definition) is 2. The number of carbonyl (C=O) groups is 1. The first-order valence-electron chi connectivity index (χ1n) is 8.32. The lowest BCUT2D eigenvalue weighted by Crippen LogP contribution is -2.32. The minimum Gasteiger partial charge on any atom is -0.465 e. The number of furan rings is 1. The van der Waals surface area contributed by atoms with E-state index < -0.39 is 0 Å². The molecule has 3 heterocycles. The number of pyridine rings is 1. The number of oxazole rings is 1. The molecule has 2 N–H and O–H groups in total. The first-order valence-corrected chi connectivity index (χ1v) is 8.73. The van der Waals surface area contributed by atoms with E-state index in [1.165, 1.54) is 12.3 Å². The average molecular weight is 390 g/mol. The van der Waals surface area contributed by atoms with Crippen LogP contribution in [0, 0.1) is 0 Å². The van der Waals surface area contributed by atoms with Crippen LogP contribution in [0.3, 0.4) is 0 Å². The Labute approximate surface area is 165 Å². The molecule has 0 saturated heterocycles. The maximum atomic E-state index is 11.9. The number of nitrogens with one attached hydrogen (secondary N) is 2. The molecule has 0 radical (unpaired) electrons. The van der Waals surface area contributed by atoms with Gasteiger partial charge in [-0.3, -0.25) is 15.1 Å². The van der Waals surface area contributed by atoms with Crippen LogP contribution >= 0.6 is 12.2 Å². The Morgan fingerprint density at radius 2 is 2.00 bits per heavy atom. The highest BCUT2D eigenvalue weighted by atomic mass is 32.1. The third-order valence-corrected chi connectivity index (χ3v) is 3.96. The molecule has 4 aromatic rings. The molecule has 0 fully saturated rings. The van der Waals surface area contributed by atoms with E-state index in [-0.39, 0.29) is 11.0 Å². The van der Waals surface area contributed by atoms with Crippen molar-refractivity contribution in [1.29, 1.82) is 0 Å². The Bertz CT molecular complexity index is 1150. The zero-order chi connectivity index (χ0) is 19.3. The molecule has 28 heavy (non-hydrogen) atoms. The fourth-order valence-electron chi connectivity index (χ4n) is 2.48. The number of hydrogen-bond acceptors (Lipinski definition) is 6. The number of aromatic nitrogens is 2. The quantitative estimate of drug-likeness (QED) is 0.402. The third kappa shape index (κ3) is 4.13. The van der Waals surface area contributed by atoms with Crippen LogP contribution in [0.2, 0.25) is 0 Å². The van der Waals surface area contributed by atoms with Crippen LogP contribution in [0.25, 0.3) is 28.6 Å². The fourth-order valence-corrected chi connectivity index (χ4v) is 2.70. The summed E-state index contributed by atoms with van der Waals surface area (Å²) in [5, 5.41) is 5.70. The number of amides is 1. The first kappa shape index (κ1) is 17.6. The number of rotatable bonds is 4. The van der Waals surface area contributed by atoms with Crippen molar-refractivity contribution >= 4 is 46.1 Å². The molecule has 138 valence electrons. The Hall–Kier alpha value is -3.78. The maximum absolute atomic E-state index is 11.9. The van der Waals surface area contributed by atoms with Crippen molar-refractivity contribution in [2.24, 2.45) is 0 Å². The lowest BCUT2D eigenvalue weighted by atomic mass is 10.3. The normalized spacial score (nSPS) is 11.0. The number of nitrogens with zero attached hydrogens (tertiary/aromatic N) is 2. The van der Waals surface area contributed by atoms with E-state index in [9.17, 15) is 4.79 Å². The molecule has 0 unspecified atom stereocenters. The summed E-state index contributed by atoms with van der Waals surface area (Å²) in [6.45, 7) is 0. The molecule has 3 aromatic heterocycles. The lowest BCUT2D eigenvalue weighted by Gasteiger charge is -2.07. The molecular weight excluding hydrogens is 376 g/mol. The number of anilines is 1. The van der Waals surface area contributed by atoms with Gasteiger partial charge in [0, 0.05) is 29.7 Å². The van der Waals surface area contributed by atoms with Gasteiger partial charge in [-0.05, 0) is 60.8 Å². The van der Waals surface area contributed by atoms with Gasteiger partial charge in [0.05, 0.1) is 6.26 Å². The first-order chi connectivity index (χ1) is 13.7. The van der Waals surface area contributed by atoms with E-state index in [1.807, 2.05) is 12.1 Å². The van der Waals surface area contributed by atoms with E-state index in [0.717, 1.165) is 5.56 Å². The molecule has 0 saturated carbocycles. The van der Waals surface area contributed by atoms with Gasteiger partial charge in [0.1, 0.15) is 11.3 Å². The van der Waals surface area contributed by atoms with Crippen LogP contribution in [0.5, 0.6) is 0 Å². The van der Waals surface area contributed by atoms with Gasteiger partial charge in [-0.15, -0.1) is 0 Å². The summed E-state index contributed by atoms with van der Waals surface area (Å²) < 4.78 is 10.9. The van der Waals surface area contributed by atoms with Gasteiger partial charge in [0.25, 0.3) is 0 Å². The molecule has 0 spiro atoms. The van der Waals surface area contributed by atoms with Crippen molar-refractivity contribution in [2.45, 2.75) is 0 Å². The Balaban J connectivity index is 1.42. The summed E-state index contributed by atoms with van der Waals surface area (Å²) in [6.07, 6.45) is 7.79. The second-order valence-corrected chi connectivity index (χ2v) is 6.14. The lowest BCUT2D eigenvalue weighted by molar-refractivity contribution is -0.115. The summed E-state index contributed by atoms with van der Waals surface area (Å²) in [4.78, 5) is 20.4. The number of thiocarbonyl (C=S) groups is 1. The van der Waals surface area contributed by atoms with Crippen molar-refractivity contribution < 1.29 is 13.6 Å². The summed E-state index contributed by atoms with van der Waals surface area (Å²) in [7, 11) is 0. The van der Waals surface area contributed by atoms with Crippen molar-refractivity contribution in [3.05, 3.63) is 73.0 Å². The molecule has 0 aliphatic carbocycles. The van der Waals surface area contributed by atoms with Crippen molar-refractivity contribution in [3.8, 4) is 11.5 Å². The number of fused-ring (bicyclic) bond motifs is 1. The fraction of sp³-hybridized carbons (Fsp3) is 0. The highest BCUT2D eigenvalue weighted by molar-refractivity contribution is 7.80. The van der Waals surface area contributed by atoms with E-state index in [1.54, 1.807) is 48.8 Å². The van der Waals surface area contributed by atoms with Crippen LogP contribution in [0.4, 0.5) is 5.69 Å². The van der Waals surface area contributed by atoms with Crippen molar-refractivity contribution in [1.82, 2.24) is 15.3 Å². The van der Waals surface area contributed by atoms with Crippen LogP contribution in [0.1, 0.15) is 5.76 Å². The van der Waals surface area contributed by atoms with E-state index in [4.69, 9.17) is 21.1 Å². The molecule has 0 atom stereocenters. The van der Waals surface area contributed by atoms with Crippen molar-refractivity contribution in [2.75, 3.05) is 5.32 Å². The van der Waals surface area contributed by atoms with Crippen LogP contribution in [-0.4, -0.2) is 21.0 Å². The SMILES string of the molecule is O=C(C=Cc1ccco1)NC(=S)Nc1ccc2oc(-c3ccncc3)nc2c1. The Morgan fingerprint density at radius 3 is 2.79 bits per heavy atom. The summed E-state index contributed by atoms with van der Waals surface area (Å²) in [6, 6.07) is 12.5. The monoisotopic (exact) mass is 390 g/mol. The molecule has 8 heteroatoms. The van der Waals surface area contributed by atoms with Gasteiger partial charge in [-0.2, -0.15) is 0 Å². The average Bonchev–Trinajstić information content (AvgIpc) is 3.36. The van der Waals surface area contributed by atoms with Gasteiger partial charge < -0.3 is 14.2 Å². The molecule has 4 rings (SSSR count). The number of benzene rings is 1. The highest BCUT2D eigenvalue weighted by Crippen LogP contribution is 2.25. The van der Waals surface area contributed by atoms with Gasteiger partial charge in [-0.25, -0.2) is 4.98 Å². The third-order valence-electron chi connectivity index (χ3n) is 3.75. The van der Waals surface area contributed by atoms with E-state index >= 15 is 0 Å². The standard InChI is InChI=1S/C20H14N4O3S/c25-18(6-4-15-2-1-11-26-15)24-20(28)22-14-3-5-17-16(12-14)23-19(27-17)13-7-9-21-10-8-13/h1-12H,(H2,22,24,25,28). The van der Waals surface area contributed by atoms with Gasteiger partial charge in [0.15, 0.2) is 10.7 Å². The van der Waals surface area contributed by atoms with Gasteiger partial charge in [-0.1, -0.05) is 0 Å². The summed E-state index contributed by atoms with van der Waals surface area (Å²) in [5.74, 6) is 0.723. The molecule has 0 aliphatic rings. The molecular formula is C20H14N4O3S. The Morgan fingerprint density at radius 1 is 1.14 bits per heavy atom. The van der Waals surface area contributed by atoms with Crippen molar-refractivity contribution in [3.63, 3.8) is 0 Å². The smallest absolute Gasteiger partial charge is 0.250 e. The molecule has 7 nitrogen and oxygen atoms in total. The molecule has 0 aliphatic heterocycles. The predicted molar refractivity (Wildman–Crippen MR) is 109 cm³/mol. The Kier molecular flexibility index (Phi) is 4.94. The van der Waals surface area contributed by atoms with Crippen LogP contribution < -0.4 is 10.6 Å². The zero-order valence-electron chi connectivity index (χ0n) is 14.5. The minimum atomic E-state index is -0.364. The second-order valence-electron chi connectivity index (χ2n) is 5.73. The van der Waals surface area contributed by atoms with E-state index in [2.05, 4.69) is 20.6 Å². The molecule has 1 aromatic carbocycles. The second kappa shape index (κ2) is 7.85. The van der Waals surface area contributed by atoms with Crippen LogP contribution in [-0.2, 0) is 4.79 Å². The van der Waals surface area contributed by atoms with Gasteiger partial charge >= 0.3 is 0 Å². The van der Waals surface area contributed by atoms with E-state index in [0.29, 0.717) is 28.4 Å². The minimum absolute atomic E-state index is 0.172. The largest absolute Gasteiger partial charge is 0.465 e. The number of carbonyl (C=O) groups excluding carboxylic acids is 1. The summed E-state index contributed by atoms with van der Waals surface area (Å²) >= 11 is 5.18.